The zero-order valence-electron chi connectivity index (χ0n) is 17.1. The van der Waals surface area contributed by atoms with E-state index in [0.717, 1.165) is 12.8 Å². The number of rotatable bonds is 12. The van der Waals surface area contributed by atoms with Crippen LogP contribution in [-0.4, -0.2) is 36.8 Å². The average molecular weight is 404 g/mol. The summed E-state index contributed by atoms with van der Waals surface area (Å²) < 4.78 is 21.0. The molecule has 0 spiro atoms. The molecule has 8 heteroatoms. The fourth-order valence-corrected chi connectivity index (χ4v) is 2.69. The summed E-state index contributed by atoms with van der Waals surface area (Å²) in [6, 6.07) is 8.38. The van der Waals surface area contributed by atoms with Crippen LogP contribution in [0.4, 0.5) is 0 Å². The number of unbranched alkanes of at least 4 members (excludes halogenated alkanes) is 1. The Hall–Kier alpha value is -3.03. The second kappa shape index (κ2) is 11.7. The molecule has 0 radical (unpaired) electrons. The smallest absolute Gasteiger partial charge is 0.307 e. The lowest BCUT2D eigenvalue weighted by atomic mass is 10.1. The van der Waals surface area contributed by atoms with Gasteiger partial charge in [-0.1, -0.05) is 31.0 Å². The molecule has 8 nitrogen and oxygen atoms in total. The molecule has 0 aliphatic rings. The summed E-state index contributed by atoms with van der Waals surface area (Å²) in [6.07, 6.45) is 2.67. The van der Waals surface area contributed by atoms with E-state index < -0.39 is 5.91 Å². The van der Waals surface area contributed by atoms with Crippen molar-refractivity contribution in [2.45, 2.75) is 52.2 Å². The molecule has 1 aromatic carbocycles. The number of hydrogen-bond donors (Lipinski definition) is 1. The summed E-state index contributed by atoms with van der Waals surface area (Å²) >= 11 is 0. The van der Waals surface area contributed by atoms with Gasteiger partial charge in [0.1, 0.15) is 18.1 Å². The van der Waals surface area contributed by atoms with Crippen LogP contribution in [-0.2, 0) is 16.1 Å². The van der Waals surface area contributed by atoms with Gasteiger partial charge in [-0.3, -0.25) is 9.59 Å². The van der Waals surface area contributed by atoms with E-state index in [0.29, 0.717) is 30.3 Å². The SMILES string of the molecule is CCCC[C@@H](CC(=O)OCC)NC(=O)c1cc(COc2cccc(OC)c2)on1. The highest BCUT2D eigenvalue weighted by Crippen LogP contribution is 2.20. The van der Waals surface area contributed by atoms with Gasteiger partial charge in [0, 0.05) is 18.2 Å². The van der Waals surface area contributed by atoms with Crippen LogP contribution in [0.1, 0.15) is 55.8 Å². The van der Waals surface area contributed by atoms with Gasteiger partial charge in [0.15, 0.2) is 11.5 Å². The van der Waals surface area contributed by atoms with Crippen LogP contribution >= 0.6 is 0 Å². The fraction of sp³-hybridized carbons (Fsp3) is 0.476. The van der Waals surface area contributed by atoms with Crippen molar-refractivity contribution in [3.05, 3.63) is 41.8 Å². The molecule has 29 heavy (non-hydrogen) atoms. The van der Waals surface area contributed by atoms with E-state index in [1.165, 1.54) is 6.07 Å². The van der Waals surface area contributed by atoms with Crippen molar-refractivity contribution in [1.82, 2.24) is 10.5 Å². The summed E-state index contributed by atoms with van der Waals surface area (Å²) in [7, 11) is 1.58. The largest absolute Gasteiger partial charge is 0.497 e. The minimum absolute atomic E-state index is 0.121. The lowest BCUT2D eigenvalue weighted by Crippen LogP contribution is -2.37. The van der Waals surface area contributed by atoms with Gasteiger partial charge in [0.2, 0.25) is 0 Å². The Bertz CT molecular complexity index is 789. The minimum atomic E-state index is -0.396. The third kappa shape index (κ3) is 7.48. The summed E-state index contributed by atoms with van der Waals surface area (Å²) in [5, 5.41) is 6.64. The molecule has 158 valence electrons. The summed E-state index contributed by atoms with van der Waals surface area (Å²) in [6.45, 7) is 4.24. The van der Waals surface area contributed by atoms with E-state index in [1.54, 1.807) is 26.2 Å². The number of nitrogens with one attached hydrogen (secondary N) is 1. The molecule has 0 aliphatic heterocycles. The molecule has 2 rings (SSSR count). The normalized spacial score (nSPS) is 11.6. The van der Waals surface area contributed by atoms with E-state index in [2.05, 4.69) is 17.4 Å². The first-order chi connectivity index (χ1) is 14.0. The molecular formula is C21H28N2O6. The molecule has 1 heterocycles. The number of amides is 1. The van der Waals surface area contributed by atoms with Gasteiger partial charge in [0.05, 0.1) is 20.1 Å². The number of methoxy groups -OCH3 is 1. The van der Waals surface area contributed by atoms with E-state index in [4.69, 9.17) is 18.7 Å². The molecule has 0 fully saturated rings. The number of carbonyl (C=O) groups excluding carboxylic acids is 2. The number of esters is 1. The number of aromatic nitrogens is 1. The van der Waals surface area contributed by atoms with Crippen molar-refractivity contribution in [1.29, 1.82) is 0 Å². The second-order valence-electron chi connectivity index (χ2n) is 6.47. The van der Waals surface area contributed by atoms with Gasteiger partial charge in [-0.2, -0.15) is 0 Å². The first kappa shape index (κ1) is 22.3. The second-order valence-corrected chi connectivity index (χ2v) is 6.47. The standard InChI is InChI=1S/C21H28N2O6/c1-4-6-8-15(11-20(24)27-5-2)22-21(25)19-13-18(29-23-19)14-28-17-10-7-9-16(12-17)26-3/h7,9-10,12-13,15H,4-6,8,11,14H2,1-3H3,(H,22,25)/t15-/m0/s1. The van der Waals surface area contributed by atoms with Crippen LogP contribution in [0, 0.1) is 0 Å². The van der Waals surface area contributed by atoms with Crippen molar-refractivity contribution < 1.29 is 28.3 Å². The Morgan fingerprint density at radius 2 is 2.00 bits per heavy atom. The van der Waals surface area contributed by atoms with Crippen LogP contribution in [0.5, 0.6) is 11.5 Å². The van der Waals surface area contributed by atoms with E-state index in [9.17, 15) is 9.59 Å². The predicted octanol–water partition coefficient (Wildman–Crippen LogP) is 3.50. The average Bonchev–Trinajstić information content (AvgIpc) is 3.20. The Morgan fingerprint density at radius 3 is 2.72 bits per heavy atom. The Balaban J connectivity index is 1.92. The molecule has 0 unspecified atom stereocenters. The van der Waals surface area contributed by atoms with Crippen molar-refractivity contribution in [2.24, 2.45) is 0 Å². The molecule has 0 bridgehead atoms. The van der Waals surface area contributed by atoms with Gasteiger partial charge < -0.3 is 24.1 Å². The van der Waals surface area contributed by atoms with E-state index >= 15 is 0 Å². The molecule has 1 N–H and O–H groups in total. The maximum absolute atomic E-state index is 12.5. The highest BCUT2D eigenvalue weighted by molar-refractivity contribution is 5.92. The van der Waals surface area contributed by atoms with Crippen LogP contribution in [0.15, 0.2) is 34.9 Å². The van der Waals surface area contributed by atoms with Gasteiger partial charge in [-0.15, -0.1) is 0 Å². The van der Waals surface area contributed by atoms with Gasteiger partial charge in [-0.25, -0.2) is 0 Å². The van der Waals surface area contributed by atoms with Crippen molar-refractivity contribution in [3.8, 4) is 11.5 Å². The molecule has 0 saturated heterocycles. The molecule has 1 amide bonds. The van der Waals surface area contributed by atoms with Crippen LogP contribution in [0.2, 0.25) is 0 Å². The highest BCUT2D eigenvalue weighted by atomic mass is 16.5. The quantitative estimate of drug-likeness (QED) is 0.540. The zero-order valence-corrected chi connectivity index (χ0v) is 17.1. The maximum atomic E-state index is 12.5. The fourth-order valence-electron chi connectivity index (χ4n) is 2.69. The molecule has 0 aliphatic carbocycles. The minimum Gasteiger partial charge on any atom is -0.497 e. The predicted molar refractivity (Wildman–Crippen MR) is 106 cm³/mol. The van der Waals surface area contributed by atoms with E-state index in [-0.39, 0.29) is 30.7 Å². The maximum Gasteiger partial charge on any atom is 0.307 e. The van der Waals surface area contributed by atoms with Crippen LogP contribution in [0.25, 0.3) is 0 Å². The Labute approximate surface area is 170 Å². The van der Waals surface area contributed by atoms with Crippen LogP contribution in [0.3, 0.4) is 0 Å². The zero-order chi connectivity index (χ0) is 21.1. The first-order valence-corrected chi connectivity index (χ1v) is 9.74. The number of nitrogens with zero attached hydrogens (tertiary/aromatic N) is 1. The van der Waals surface area contributed by atoms with Crippen LogP contribution < -0.4 is 14.8 Å². The van der Waals surface area contributed by atoms with Gasteiger partial charge >= 0.3 is 5.97 Å². The molecule has 1 atom stereocenters. The van der Waals surface area contributed by atoms with Gasteiger partial charge in [-0.05, 0) is 25.5 Å². The topological polar surface area (TPSA) is 99.9 Å². The van der Waals surface area contributed by atoms with Crippen molar-refractivity contribution in [3.63, 3.8) is 0 Å². The first-order valence-electron chi connectivity index (χ1n) is 9.74. The monoisotopic (exact) mass is 404 g/mol. The third-order valence-corrected chi connectivity index (χ3v) is 4.17. The number of ether oxygens (including phenoxy) is 3. The molecule has 0 saturated carbocycles. The number of carbonyl (C=O) groups is 2. The van der Waals surface area contributed by atoms with Crippen molar-refractivity contribution >= 4 is 11.9 Å². The highest BCUT2D eigenvalue weighted by Gasteiger charge is 2.20. The lowest BCUT2D eigenvalue weighted by molar-refractivity contribution is -0.143. The van der Waals surface area contributed by atoms with Gasteiger partial charge in [0.25, 0.3) is 5.91 Å². The number of hydrogen-bond acceptors (Lipinski definition) is 7. The lowest BCUT2D eigenvalue weighted by Gasteiger charge is -2.16. The van der Waals surface area contributed by atoms with E-state index in [1.807, 2.05) is 12.1 Å². The summed E-state index contributed by atoms with van der Waals surface area (Å²) in [4.78, 5) is 24.3. The molecular weight excluding hydrogens is 376 g/mol. The number of benzene rings is 1. The Kier molecular flexibility index (Phi) is 9.01. The molecule has 2 aromatic rings. The van der Waals surface area contributed by atoms with Crippen molar-refractivity contribution in [2.75, 3.05) is 13.7 Å². The summed E-state index contributed by atoms with van der Waals surface area (Å²) in [5.41, 5.74) is 0.139. The summed E-state index contributed by atoms with van der Waals surface area (Å²) in [5.74, 6) is 0.974. The Morgan fingerprint density at radius 1 is 1.21 bits per heavy atom. The molecule has 1 aromatic heterocycles. The third-order valence-electron chi connectivity index (χ3n) is 4.17.